The smallest absolute Gasteiger partial charge is 0.241 e. The molecule has 6 nitrogen and oxygen atoms in total. The van der Waals surface area contributed by atoms with Crippen molar-refractivity contribution in [3.8, 4) is 0 Å². The van der Waals surface area contributed by atoms with Crippen molar-refractivity contribution in [2.24, 2.45) is 0 Å². The molecule has 3 rings (SSSR count). The van der Waals surface area contributed by atoms with Crippen molar-refractivity contribution in [2.45, 2.75) is 19.1 Å². The molecule has 1 aliphatic heterocycles. The first-order chi connectivity index (χ1) is 10.1. The van der Waals surface area contributed by atoms with E-state index in [-0.39, 0.29) is 5.75 Å². The first kappa shape index (κ1) is 13.9. The van der Waals surface area contributed by atoms with E-state index in [0.29, 0.717) is 23.7 Å². The van der Waals surface area contributed by atoms with Gasteiger partial charge in [-0.3, -0.25) is 4.31 Å². The Morgan fingerprint density at radius 3 is 2.95 bits per heavy atom. The number of nitrogens with zero attached hydrogens (tertiary/aromatic N) is 2. The molecule has 0 aliphatic carbocycles. The molecule has 0 radical (unpaired) electrons. The highest BCUT2D eigenvalue weighted by molar-refractivity contribution is 7.92. The van der Waals surface area contributed by atoms with E-state index >= 15 is 0 Å². The van der Waals surface area contributed by atoms with Crippen LogP contribution in [0.4, 0.5) is 11.4 Å². The van der Waals surface area contributed by atoms with Crippen LogP contribution in [0.25, 0.3) is 0 Å². The lowest BCUT2D eigenvalue weighted by Crippen LogP contribution is -2.32. The molecule has 0 unspecified atom stereocenters. The maximum absolute atomic E-state index is 12.7. The molecule has 0 bridgehead atoms. The summed E-state index contributed by atoms with van der Waals surface area (Å²) in [4.78, 5) is 0. The van der Waals surface area contributed by atoms with Crippen LogP contribution in [0.2, 0.25) is 0 Å². The Balaban J connectivity index is 1.94. The number of anilines is 2. The van der Waals surface area contributed by atoms with E-state index in [2.05, 4.69) is 10.5 Å². The third-order valence-corrected chi connectivity index (χ3v) is 5.08. The number of fused-ring (bicyclic) bond motifs is 1. The lowest BCUT2D eigenvalue weighted by atomic mass is 10.2. The zero-order valence-electron chi connectivity index (χ0n) is 11.7. The lowest BCUT2D eigenvalue weighted by molar-refractivity contribution is 0.392. The van der Waals surface area contributed by atoms with E-state index in [1.165, 1.54) is 4.31 Å². The molecule has 1 N–H and O–H groups in total. The quantitative estimate of drug-likeness (QED) is 0.940. The zero-order valence-corrected chi connectivity index (χ0v) is 12.6. The van der Waals surface area contributed by atoms with E-state index in [4.69, 9.17) is 4.52 Å². The summed E-state index contributed by atoms with van der Waals surface area (Å²) in [5.41, 5.74) is 1.97. The molecule has 2 aromatic rings. The third-order valence-electron chi connectivity index (χ3n) is 3.37. The van der Waals surface area contributed by atoms with Gasteiger partial charge < -0.3 is 9.84 Å². The predicted octanol–water partition coefficient (Wildman–Crippen LogP) is 2.14. The van der Waals surface area contributed by atoms with Crippen LogP contribution in [0.15, 0.2) is 34.9 Å². The second-order valence-corrected chi connectivity index (χ2v) is 6.95. The van der Waals surface area contributed by atoms with Gasteiger partial charge in [0.25, 0.3) is 0 Å². The minimum absolute atomic E-state index is 0.154. The van der Waals surface area contributed by atoms with Crippen LogP contribution in [-0.2, 0) is 15.8 Å². The molecular formula is C14H17N3O3S. The first-order valence-electron chi connectivity index (χ1n) is 6.82. The molecule has 21 heavy (non-hydrogen) atoms. The largest absolute Gasteiger partial charge is 0.383 e. The van der Waals surface area contributed by atoms with Gasteiger partial charge in [0.1, 0.15) is 17.2 Å². The summed E-state index contributed by atoms with van der Waals surface area (Å²) in [6.45, 7) is 2.96. The van der Waals surface area contributed by atoms with Crippen molar-refractivity contribution in [2.75, 3.05) is 22.7 Å². The van der Waals surface area contributed by atoms with Gasteiger partial charge in [-0.05, 0) is 25.5 Å². The van der Waals surface area contributed by atoms with Crippen molar-refractivity contribution in [1.82, 2.24) is 5.16 Å². The van der Waals surface area contributed by atoms with Gasteiger partial charge in [-0.1, -0.05) is 17.3 Å². The Bertz CT molecular complexity index is 739. The Hall–Kier alpha value is -2.02. The highest BCUT2D eigenvalue weighted by Gasteiger charge is 2.27. The normalized spacial score (nSPS) is 15.2. The minimum Gasteiger partial charge on any atom is -0.383 e. The third kappa shape index (κ3) is 2.87. The maximum atomic E-state index is 12.7. The number of para-hydroxylation sites is 2. The van der Waals surface area contributed by atoms with E-state index in [0.717, 1.165) is 18.7 Å². The van der Waals surface area contributed by atoms with Crippen LogP contribution in [0.5, 0.6) is 0 Å². The van der Waals surface area contributed by atoms with Crippen molar-refractivity contribution in [3.05, 3.63) is 41.8 Å². The van der Waals surface area contributed by atoms with Crippen molar-refractivity contribution >= 4 is 21.4 Å². The number of benzene rings is 1. The molecule has 0 saturated heterocycles. The van der Waals surface area contributed by atoms with Crippen LogP contribution in [-0.4, -0.2) is 26.7 Å². The molecule has 0 fully saturated rings. The van der Waals surface area contributed by atoms with Gasteiger partial charge in [0, 0.05) is 19.2 Å². The summed E-state index contributed by atoms with van der Waals surface area (Å²) in [6.07, 6.45) is 0.756. The summed E-state index contributed by atoms with van der Waals surface area (Å²) < 4.78 is 31.8. The molecule has 1 aromatic heterocycles. The Kier molecular flexibility index (Phi) is 3.59. The number of aryl methyl sites for hydroxylation is 1. The number of hydrogen-bond acceptors (Lipinski definition) is 5. The minimum atomic E-state index is -3.49. The topological polar surface area (TPSA) is 75.4 Å². The van der Waals surface area contributed by atoms with E-state index < -0.39 is 10.0 Å². The molecule has 1 aromatic carbocycles. The van der Waals surface area contributed by atoms with E-state index in [9.17, 15) is 8.42 Å². The summed E-state index contributed by atoms with van der Waals surface area (Å²) >= 11 is 0. The Labute approximate surface area is 123 Å². The molecule has 0 atom stereocenters. The number of rotatable bonds is 3. The van der Waals surface area contributed by atoms with E-state index in [1.54, 1.807) is 13.0 Å². The number of aromatic nitrogens is 1. The van der Waals surface area contributed by atoms with Crippen LogP contribution in [0.1, 0.15) is 17.9 Å². The standard InChI is InChI=1S/C14H17N3O3S/c1-11-9-12(16-20-11)10-21(18,19)17-8-4-7-15-13-5-2-3-6-14(13)17/h2-3,5-6,9,15H,4,7-8,10H2,1H3. The molecule has 2 heterocycles. The molecule has 0 spiro atoms. The summed E-state index contributed by atoms with van der Waals surface area (Å²) in [7, 11) is -3.49. The molecule has 0 amide bonds. The van der Waals surface area contributed by atoms with E-state index in [1.807, 2.05) is 24.3 Å². The van der Waals surface area contributed by atoms with Gasteiger partial charge >= 0.3 is 0 Å². The van der Waals surface area contributed by atoms with Crippen molar-refractivity contribution in [3.63, 3.8) is 0 Å². The molecule has 7 heteroatoms. The molecule has 0 saturated carbocycles. The van der Waals surface area contributed by atoms with Crippen LogP contribution in [0.3, 0.4) is 0 Å². The van der Waals surface area contributed by atoms with Gasteiger partial charge in [-0.25, -0.2) is 8.42 Å². The number of sulfonamides is 1. The average Bonchev–Trinajstić information content (AvgIpc) is 2.73. The van der Waals surface area contributed by atoms with Gasteiger partial charge in [-0.15, -0.1) is 0 Å². The number of hydrogen-bond donors (Lipinski definition) is 1. The first-order valence-corrected chi connectivity index (χ1v) is 8.43. The van der Waals surface area contributed by atoms with Crippen molar-refractivity contribution in [1.29, 1.82) is 0 Å². The van der Waals surface area contributed by atoms with Crippen LogP contribution >= 0.6 is 0 Å². The average molecular weight is 307 g/mol. The molecular weight excluding hydrogens is 290 g/mol. The summed E-state index contributed by atoms with van der Waals surface area (Å²) in [6, 6.07) is 9.10. The summed E-state index contributed by atoms with van der Waals surface area (Å²) in [5.74, 6) is 0.455. The fourth-order valence-corrected chi connectivity index (χ4v) is 3.98. The fraction of sp³-hybridized carbons (Fsp3) is 0.357. The Morgan fingerprint density at radius 2 is 2.19 bits per heavy atom. The summed E-state index contributed by atoms with van der Waals surface area (Å²) in [5, 5.41) is 7.03. The predicted molar refractivity (Wildman–Crippen MR) is 80.8 cm³/mol. The highest BCUT2D eigenvalue weighted by atomic mass is 32.2. The van der Waals surface area contributed by atoms with Gasteiger partial charge in [0.05, 0.1) is 11.4 Å². The second-order valence-electron chi connectivity index (χ2n) is 5.05. The van der Waals surface area contributed by atoms with Crippen LogP contribution in [0, 0.1) is 6.92 Å². The highest BCUT2D eigenvalue weighted by Crippen LogP contribution is 2.31. The zero-order chi connectivity index (χ0) is 14.9. The van der Waals surface area contributed by atoms with Crippen molar-refractivity contribution < 1.29 is 12.9 Å². The van der Waals surface area contributed by atoms with Gasteiger partial charge in [0.2, 0.25) is 10.0 Å². The Morgan fingerprint density at radius 1 is 1.38 bits per heavy atom. The monoisotopic (exact) mass is 307 g/mol. The van der Waals surface area contributed by atoms with Crippen LogP contribution < -0.4 is 9.62 Å². The second kappa shape index (κ2) is 5.40. The fourth-order valence-electron chi connectivity index (χ4n) is 2.45. The molecule has 1 aliphatic rings. The van der Waals surface area contributed by atoms with Gasteiger partial charge in [-0.2, -0.15) is 0 Å². The lowest BCUT2D eigenvalue weighted by Gasteiger charge is -2.23. The maximum Gasteiger partial charge on any atom is 0.241 e. The number of nitrogens with one attached hydrogen (secondary N) is 1. The van der Waals surface area contributed by atoms with Gasteiger partial charge in [0.15, 0.2) is 0 Å². The molecule has 112 valence electrons. The SMILES string of the molecule is Cc1cc(CS(=O)(=O)N2CCCNc3ccccc32)no1.